The van der Waals surface area contributed by atoms with Gasteiger partial charge in [-0.1, -0.05) is 30.3 Å². The molecule has 0 bridgehead atoms. The molecule has 2 saturated heterocycles. The topological polar surface area (TPSA) is 30.9 Å². The quantitative estimate of drug-likeness (QED) is 0.380. The van der Waals surface area contributed by atoms with Gasteiger partial charge in [-0.25, -0.2) is 0 Å². The second kappa shape index (κ2) is 10.7. The third kappa shape index (κ3) is 7.09. The fraction of sp³-hybridized carbons (Fsp3) is 0.650. The Morgan fingerprint density at radius 1 is 1.11 bits per heavy atom. The lowest BCUT2D eigenvalue weighted by Gasteiger charge is -2.35. The number of nitrogens with one attached hydrogen (secondary N) is 1. The number of rotatable bonds is 4. The average Bonchev–Trinajstić information content (AvgIpc) is 3.06. The zero-order chi connectivity index (χ0) is 19.3. The van der Waals surface area contributed by atoms with Crippen LogP contribution >= 0.6 is 24.0 Å². The normalized spacial score (nSPS) is 22.2. The second-order valence-corrected chi connectivity index (χ2v) is 7.65. The van der Waals surface area contributed by atoms with Crippen LogP contribution in [0.15, 0.2) is 35.3 Å². The van der Waals surface area contributed by atoms with Gasteiger partial charge in [0.1, 0.15) is 0 Å². The molecule has 0 aromatic heterocycles. The molecule has 1 aromatic carbocycles. The molecule has 0 amide bonds. The van der Waals surface area contributed by atoms with Crippen molar-refractivity contribution in [3.05, 3.63) is 35.9 Å². The predicted octanol–water partition coefficient (Wildman–Crippen LogP) is 3.77. The van der Waals surface area contributed by atoms with Gasteiger partial charge in [0, 0.05) is 39.3 Å². The summed E-state index contributed by atoms with van der Waals surface area (Å²) < 4.78 is 37.7. The minimum atomic E-state index is -4.13. The van der Waals surface area contributed by atoms with Gasteiger partial charge in [0.25, 0.3) is 0 Å². The Morgan fingerprint density at radius 2 is 1.79 bits per heavy atom. The fourth-order valence-corrected chi connectivity index (χ4v) is 4.12. The maximum absolute atomic E-state index is 12.6. The van der Waals surface area contributed by atoms with Crippen LogP contribution in [0.25, 0.3) is 0 Å². The molecule has 2 fully saturated rings. The van der Waals surface area contributed by atoms with Gasteiger partial charge in [-0.15, -0.1) is 24.0 Å². The zero-order valence-electron chi connectivity index (χ0n) is 16.3. The highest BCUT2D eigenvalue weighted by molar-refractivity contribution is 14.0. The van der Waals surface area contributed by atoms with E-state index in [9.17, 15) is 13.2 Å². The molecule has 8 heteroatoms. The van der Waals surface area contributed by atoms with Gasteiger partial charge in [0.2, 0.25) is 0 Å². The average molecular weight is 510 g/mol. The SMILES string of the molecule is CN=C(NC1CCN(CC(F)(F)F)C1)N1CCC(Cc2ccccc2)CC1.I. The van der Waals surface area contributed by atoms with Crippen molar-refractivity contribution in [2.75, 3.05) is 39.8 Å². The van der Waals surface area contributed by atoms with E-state index in [0.717, 1.165) is 44.7 Å². The van der Waals surface area contributed by atoms with Crippen LogP contribution in [0, 0.1) is 5.92 Å². The molecule has 1 atom stereocenters. The van der Waals surface area contributed by atoms with Crippen molar-refractivity contribution in [3.8, 4) is 0 Å². The Morgan fingerprint density at radius 3 is 2.39 bits per heavy atom. The van der Waals surface area contributed by atoms with E-state index < -0.39 is 12.7 Å². The molecule has 0 spiro atoms. The van der Waals surface area contributed by atoms with E-state index in [1.54, 1.807) is 7.05 Å². The molecule has 1 unspecified atom stereocenters. The van der Waals surface area contributed by atoms with Crippen LogP contribution in [0.5, 0.6) is 0 Å². The van der Waals surface area contributed by atoms with Crippen molar-refractivity contribution >= 4 is 29.9 Å². The molecule has 0 saturated carbocycles. The number of aliphatic imine (C=N–C) groups is 1. The van der Waals surface area contributed by atoms with E-state index in [1.807, 2.05) is 6.07 Å². The van der Waals surface area contributed by atoms with Crippen molar-refractivity contribution in [2.24, 2.45) is 10.9 Å². The van der Waals surface area contributed by atoms with Crippen LogP contribution in [0.4, 0.5) is 13.2 Å². The zero-order valence-corrected chi connectivity index (χ0v) is 18.6. The Balaban J connectivity index is 0.00000280. The summed E-state index contributed by atoms with van der Waals surface area (Å²) in [6.45, 7) is 1.96. The molecule has 158 valence electrons. The predicted molar refractivity (Wildman–Crippen MR) is 117 cm³/mol. The van der Waals surface area contributed by atoms with Crippen LogP contribution in [0.3, 0.4) is 0 Å². The third-order valence-electron chi connectivity index (χ3n) is 5.50. The van der Waals surface area contributed by atoms with E-state index >= 15 is 0 Å². The largest absolute Gasteiger partial charge is 0.401 e. The number of hydrogen-bond acceptors (Lipinski definition) is 2. The fourth-order valence-electron chi connectivity index (χ4n) is 4.12. The molecule has 2 heterocycles. The molecule has 3 rings (SSSR count). The van der Waals surface area contributed by atoms with Gasteiger partial charge >= 0.3 is 6.18 Å². The maximum Gasteiger partial charge on any atom is 0.401 e. The summed E-state index contributed by atoms with van der Waals surface area (Å²) >= 11 is 0. The van der Waals surface area contributed by atoms with Crippen LogP contribution < -0.4 is 5.32 Å². The van der Waals surface area contributed by atoms with Gasteiger partial charge in [0.15, 0.2) is 5.96 Å². The molecule has 1 aromatic rings. The second-order valence-electron chi connectivity index (χ2n) is 7.65. The summed E-state index contributed by atoms with van der Waals surface area (Å²) in [5.74, 6) is 1.50. The number of guanidine groups is 1. The number of piperidine rings is 1. The van der Waals surface area contributed by atoms with Crippen LogP contribution in [-0.2, 0) is 6.42 Å². The minimum absolute atomic E-state index is 0. The molecule has 2 aliphatic heterocycles. The summed E-state index contributed by atoms with van der Waals surface area (Å²) in [6.07, 6.45) is -0.0760. The van der Waals surface area contributed by atoms with Crippen molar-refractivity contribution in [1.29, 1.82) is 0 Å². The smallest absolute Gasteiger partial charge is 0.352 e. The first kappa shape index (κ1) is 23.3. The summed E-state index contributed by atoms with van der Waals surface area (Å²) in [5, 5.41) is 3.38. The van der Waals surface area contributed by atoms with Crippen molar-refractivity contribution in [3.63, 3.8) is 0 Å². The highest BCUT2D eigenvalue weighted by Crippen LogP contribution is 2.23. The Kier molecular flexibility index (Phi) is 8.85. The van der Waals surface area contributed by atoms with Gasteiger partial charge < -0.3 is 10.2 Å². The Labute approximate surface area is 182 Å². The lowest BCUT2D eigenvalue weighted by atomic mass is 9.90. The number of halogens is 4. The van der Waals surface area contributed by atoms with Gasteiger partial charge in [-0.2, -0.15) is 13.2 Å². The number of benzene rings is 1. The molecule has 1 N–H and O–H groups in total. The number of nitrogens with zero attached hydrogens (tertiary/aromatic N) is 3. The molecule has 0 aliphatic carbocycles. The van der Waals surface area contributed by atoms with Gasteiger partial charge in [0.05, 0.1) is 6.54 Å². The van der Waals surface area contributed by atoms with Crippen LogP contribution in [0.2, 0.25) is 0 Å². The first-order valence-corrected chi connectivity index (χ1v) is 9.74. The summed E-state index contributed by atoms with van der Waals surface area (Å²) in [6, 6.07) is 10.6. The number of alkyl halides is 3. The highest BCUT2D eigenvalue weighted by atomic mass is 127. The molecule has 2 aliphatic rings. The van der Waals surface area contributed by atoms with Gasteiger partial charge in [-0.05, 0) is 37.2 Å². The van der Waals surface area contributed by atoms with E-state index in [1.165, 1.54) is 10.5 Å². The van der Waals surface area contributed by atoms with Crippen molar-refractivity contribution in [1.82, 2.24) is 15.1 Å². The van der Waals surface area contributed by atoms with Crippen LogP contribution in [0.1, 0.15) is 24.8 Å². The van der Waals surface area contributed by atoms with E-state index in [-0.39, 0.29) is 30.0 Å². The highest BCUT2D eigenvalue weighted by Gasteiger charge is 2.35. The third-order valence-corrected chi connectivity index (χ3v) is 5.50. The first-order valence-electron chi connectivity index (χ1n) is 9.74. The standard InChI is InChI=1S/C20H29F3N4.HI/c1-24-19(25-18-9-10-26(14-18)15-20(21,22)23)27-11-7-17(8-12-27)13-16-5-3-2-4-6-16;/h2-6,17-18H,7-15H2,1H3,(H,24,25);1H. The summed E-state index contributed by atoms with van der Waals surface area (Å²) in [5.41, 5.74) is 1.38. The van der Waals surface area contributed by atoms with E-state index in [2.05, 4.69) is 39.5 Å². The number of hydrogen-bond donors (Lipinski definition) is 1. The van der Waals surface area contributed by atoms with Crippen LogP contribution in [-0.4, -0.2) is 67.7 Å². The molecule has 4 nitrogen and oxygen atoms in total. The number of likely N-dealkylation sites (tertiary alicyclic amines) is 2. The lowest BCUT2D eigenvalue weighted by molar-refractivity contribution is -0.143. The molecular weight excluding hydrogens is 480 g/mol. The maximum atomic E-state index is 12.6. The molecular formula is C20H30F3IN4. The molecule has 0 radical (unpaired) electrons. The van der Waals surface area contributed by atoms with Gasteiger partial charge in [-0.3, -0.25) is 9.89 Å². The monoisotopic (exact) mass is 510 g/mol. The first-order chi connectivity index (χ1) is 12.9. The summed E-state index contributed by atoms with van der Waals surface area (Å²) in [7, 11) is 1.75. The van der Waals surface area contributed by atoms with E-state index in [4.69, 9.17) is 0 Å². The summed E-state index contributed by atoms with van der Waals surface area (Å²) in [4.78, 5) is 8.09. The lowest BCUT2D eigenvalue weighted by Crippen LogP contribution is -2.50. The van der Waals surface area contributed by atoms with Crippen molar-refractivity contribution < 1.29 is 13.2 Å². The van der Waals surface area contributed by atoms with E-state index in [0.29, 0.717) is 19.0 Å². The Bertz CT molecular complexity index is 616. The Hall–Kier alpha value is -1.03. The van der Waals surface area contributed by atoms with Crippen molar-refractivity contribution in [2.45, 2.75) is 37.9 Å². The molecule has 28 heavy (non-hydrogen) atoms. The minimum Gasteiger partial charge on any atom is -0.352 e.